The van der Waals surface area contributed by atoms with E-state index in [4.69, 9.17) is 0 Å². The molecule has 0 spiro atoms. The Morgan fingerprint density at radius 1 is 0.397 bits per heavy atom. The van der Waals surface area contributed by atoms with Gasteiger partial charge in [-0.15, -0.1) is 0 Å². The molecule has 9 aromatic carbocycles. The van der Waals surface area contributed by atoms with E-state index < -0.39 is 0 Å². The monoisotopic (exact) mass is 872 g/mol. The average molecular weight is 873 g/mol. The zero-order chi connectivity index (χ0) is 46.1. The quantitative estimate of drug-likeness (QED) is 0.100. The van der Waals surface area contributed by atoms with E-state index in [2.05, 4.69) is 278 Å². The Kier molecular flexibility index (Phi) is 12.8. The van der Waals surface area contributed by atoms with Crippen molar-refractivity contribution in [1.29, 1.82) is 0 Å². The van der Waals surface area contributed by atoms with Crippen LogP contribution in [-0.2, 0) is 0 Å². The Balaban J connectivity index is 0.990. The maximum atomic E-state index is 4.06. The standard InChI is InChI=1S/C66H52N2/c1-3-17-49(4-2)52-26-32-58(33-27-52)66-48-64(68(60-24-15-8-16-25-60)63-44-36-55(37-45-63)51-20-11-6-12-21-51)46-47-65(66)57-30-28-53(29-31-57)56-38-42-62(43-39-56)67(59-22-13-7-14-23-59)61-40-34-54(35-41-61)50-18-9-5-10-19-50/h3-22,24-48,59H,1-2,23H2/b49-17+. The molecule has 0 aliphatic heterocycles. The third-order valence-corrected chi connectivity index (χ3v) is 12.8. The van der Waals surface area contributed by atoms with Crippen LogP contribution < -0.4 is 9.80 Å². The van der Waals surface area contributed by atoms with Crippen LogP contribution in [0.5, 0.6) is 0 Å². The summed E-state index contributed by atoms with van der Waals surface area (Å²) in [6.45, 7) is 7.98. The van der Waals surface area contributed by atoms with Crippen molar-refractivity contribution in [1.82, 2.24) is 0 Å². The summed E-state index contributed by atoms with van der Waals surface area (Å²) < 4.78 is 0. The lowest BCUT2D eigenvalue weighted by molar-refractivity contribution is 0.785. The zero-order valence-corrected chi connectivity index (χ0v) is 38.1. The van der Waals surface area contributed by atoms with Gasteiger partial charge in [0.15, 0.2) is 0 Å². The summed E-state index contributed by atoms with van der Waals surface area (Å²) in [5, 5.41) is 0. The van der Waals surface area contributed by atoms with Crippen molar-refractivity contribution in [3.05, 3.63) is 292 Å². The third-order valence-electron chi connectivity index (χ3n) is 12.8. The number of nitrogens with zero attached hydrogens (tertiary/aromatic N) is 2. The fourth-order valence-corrected chi connectivity index (χ4v) is 9.26. The van der Waals surface area contributed by atoms with Gasteiger partial charge in [-0.3, -0.25) is 0 Å². The van der Waals surface area contributed by atoms with Crippen LogP contribution >= 0.6 is 0 Å². The molecule has 0 amide bonds. The summed E-state index contributed by atoms with van der Waals surface area (Å²) >= 11 is 0. The average Bonchev–Trinajstić information content (AvgIpc) is 3.42. The maximum absolute atomic E-state index is 4.06. The van der Waals surface area contributed by atoms with E-state index in [1.54, 1.807) is 0 Å². The minimum Gasteiger partial charge on any atom is -0.334 e. The first-order chi connectivity index (χ1) is 33.6. The van der Waals surface area contributed by atoms with Gasteiger partial charge in [-0.05, 0) is 134 Å². The van der Waals surface area contributed by atoms with Crippen LogP contribution in [0.3, 0.4) is 0 Å². The van der Waals surface area contributed by atoms with Gasteiger partial charge < -0.3 is 9.80 Å². The van der Waals surface area contributed by atoms with Crippen LogP contribution in [0.4, 0.5) is 28.4 Å². The molecule has 68 heavy (non-hydrogen) atoms. The predicted octanol–water partition coefficient (Wildman–Crippen LogP) is 18.3. The molecule has 0 bridgehead atoms. The summed E-state index contributed by atoms with van der Waals surface area (Å²) in [5.74, 6) is 0. The highest BCUT2D eigenvalue weighted by atomic mass is 15.2. The number of benzene rings is 9. The van der Waals surface area contributed by atoms with Crippen molar-refractivity contribution in [2.45, 2.75) is 12.5 Å². The summed E-state index contributed by atoms with van der Waals surface area (Å²) in [6, 6.07) is 83.5. The summed E-state index contributed by atoms with van der Waals surface area (Å²) in [6.07, 6.45) is 15.5. The molecule has 0 radical (unpaired) electrons. The Morgan fingerprint density at radius 2 is 0.824 bits per heavy atom. The van der Waals surface area contributed by atoms with E-state index >= 15 is 0 Å². The highest BCUT2D eigenvalue weighted by molar-refractivity contribution is 5.90. The number of para-hydroxylation sites is 1. The number of hydrogen-bond donors (Lipinski definition) is 0. The molecule has 326 valence electrons. The molecule has 2 nitrogen and oxygen atoms in total. The van der Waals surface area contributed by atoms with E-state index in [0.29, 0.717) is 0 Å². The highest BCUT2D eigenvalue weighted by Crippen LogP contribution is 2.42. The van der Waals surface area contributed by atoms with Crippen LogP contribution in [0, 0.1) is 0 Å². The van der Waals surface area contributed by atoms with Gasteiger partial charge in [0.25, 0.3) is 0 Å². The molecular weight excluding hydrogens is 821 g/mol. The Bertz CT molecular complexity index is 3220. The van der Waals surface area contributed by atoms with Crippen LogP contribution in [0.1, 0.15) is 12.0 Å². The van der Waals surface area contributed by atoms with Crippen LogP contribution in [0.25, 0.3) is 61.2 Å². The highest BCUT2D eigenvalue weighted by Gasteiger charge is 2.20. The number of rotatable bonds is 14. The van der Waals surface area contributed by atoms with E-state index in [9.17, 15) is 0 Å². The van der Waals surface area contributed by atoms with E-state index in [0.717, 1.165) is 62.6 Å². The summed E-state index contributed by atoms with van der Waals surface area (Å²) in [5.41, 5.74) is 19.4. The van der Waals surface area contributed by atoms with E-state index in [1.165, 1.54) is 39.1 Å². The molecule has 0 heterocycles. The van der Waals surface area contributed by atoms with Crippen molar-refractivity contribution >= 4 is 34.0 Å². The van der Waals surface area contributed by atoms with Gasteiger partial charge in [-0.1, -0.05) is 226 Å². The second-order valence-corrected chi connectivity index (χ2v) is 17.0. The van der Waals surface area contributed by atoms with Crippen LogP contribution in [-0.4, -0.2) is 6.04 Å². The first kappa shape index (κ1) is 43.2. The lowest BCUT2D eigenvalue weighted by atomic mass is 9.91. The fourth-order valence-electron chi connectivity index (χ4n) is 9.26. The topological polar surface area (TPSA) is 6.48 Å². The Hall–Kier alpha value is -8.72. The molecule has 0 N–H and O–H groups in total. The van der Waals surface area contributed by atoms with Gasteiger partial charge in [0.1, 0.15) is 0 Å². The molecule has 1 aliphatic carbocycles. The molecule has 0 aromatic heterocycles. The second-order valence-electron chi connectivity index (χ2n) is 17.0. The van der Waals surface area contributed by atoms with Crippen molar-refractivity contribution in [2.75, 3.05) is 9.80 Å². The van der Waals surface area contributed by atoms with Crippen LogP contribution in [0.15, 0.2) is 286 Å². The van der Waals surface area contributed by atoms with E-state index in [-0.39, 0.29) is 6.04 Å². The smallest absolute Gasteiger partial charge is 0.0559 e. The molecule has 0 fully saturated rings. The third kappa shape index (κ3) is 9.35. The number of allylic oxidation sites excluding steroid dienone is 6. The lowest BCUT2D eigenvalue weighted by Gasteiger charge is -2.33. The normalized spacial score (nSPS) is 13.2. The predicted molar refractivity (Wildman–Crippen MR) is 292 cm³/mol. The van der Waals surface area contributed by atoms with Gasteiger partial charge in [-0.2, -0.15) is 0 Å². The van der Waals surface area contributed by atoms with Crippen molar-refractivity contribution in [2.24, 2.45) is 0 Å². The Morgan fingerprint density at radius 3 is 1.32 bits per heavy atom. The minimum absolute atomic E-state index is 0.220. The molecule has 2 heteroatoms. The Labute approximate surface area is 401 Å². The molecule has 0 saturated carbocycles. The fraction of sp³-hybridized carbons (Fsp3) is 0.0303. The molecule has 1 aliphatic rings. The van der Waals surface area contributed by atoms with Crippen molar-refractivity contribution in [3.63, 3.8) is 0 Å². The van der Waals surface area contributed by atoms with E-state index in [1.807, 2.05) is 18.2 Å². The molecule has 1 atom stereocenters. The maximum Gasteiger partial charge on any atom is 0.0559 e. The zero-order valence-electron chi connectivity index (χ0n) is 38.1. The molecular formula is C66H52N2. The van der Waals surface area contributed by atoms with Gasteiger partial charge in [0, 0.05) is 28.4 Å². The summed E-state index contributed by atoms with van der Waals surface area (Å²) in [7, 11) is 0. The largest absolute Gasteiger partial charge is 0.334 e. The second kappa shape index (κ2) is 20.2. The summed E-state index contributed by atoms with van der Waals surface area (Å²) in [4.78, 5) is 4.79. The molecule has 10 rings (SSSR count). The minimum atomic E-state index is 0.220. The number of anilines is 5. The van der Waals surface area contributed by atoms with Gasteiger partial charge in [-0.25, -0.2) is 0 Å². The SMILES string of the molecule is C=C/C=C(\C=C)c1ccc(-c2cc(N(c3ccccc3)c3ccc(-c4ccccc4)cc3)ccc2-c2ccc(-c3ccc(N(c4ccc(-c5ccccc5)cc4)C4C=CC=CC4)cc3)cc2)cc1. The lowest BCUT2D eigenvalue weighted by Crippen LogP contribution is -2.29. The molecule has 9 aromatic rings. The van der Waals surface area contributed by atoms with Gasteiger partial charge in [0.2, 0.25) is 0 Å². The van der Waals surface area contributed by atoms with Crippen LogP contribution in [0.2, 0.25) is 0 Å². The van der Waals surface area contributed by atoms with Crippen molar-refractivity contribution in [3.8, 4) is 55.6 Å². The first-order valence-electron chi connectivity index (χ1n) is 23.3. The van der Waals surface area contributed by atoms with Gasteiger partial charge in [0.05, 0.1) is 6.04 Å². The number of hydrogen-bond acceptors (Lipinski definition) is 2. The van der Waals surface area contributed by atoms with Crippen molar-refractivity contribution < 1.29 is 0 Å². The first-order valence-corrected chi connectivity index (χ1v) is 23.3. The molecule has 0 saturated heterocycles. The molecule has 1 unspecified atom stereocenters. The van der Waals surface area contributed by atoms with Gasteiger partial charge >= 0.3 is 0 Å².